The second kappa shape index (κ2) is 7.80. The third-order valence-electron chi connectivity index (χ3n) is 4.05. The Morgan fingerprint density at radius 2 is 1.52 bits per heavy atom. The molecule has 6 heteroatoms. The molecule has 0 saturated carbocycles. The average molecular weight is 382 g/mol. The van der Waals surface area contributed by atoms with Crippen molar-refractivity contribution >= 4 is 38.1 Å². The summed E-state index contributed by atoms with van der Waals surface area (Å²) in [5.41, 5.74) is 1.07. The number of hydrogen-bond donors (Lipinski definition) is 2. The highest BCUT2D eigenvalue weighted by molar-refractivity contribution is 7.92. The molecule has 27 heavy (non-hydrogen) atoms. The minimum absolute atomic E-state index is 0.0607. The lowest BCUT2D eigenvalue weighted by molar-refractivity contribution is -0.116. The van der Waals surface area contributed by atoms with E-state index in [1.54, 1.807) is 42.5 Å². The lowest BCUT2D eigenvalue weighted by atomic mass is 10.1. The van der Waals surface area contributed by atoms with Crippen molar-refractivity contribution in [1.29, 1.82) is 0 Å². The molecule has 0 atom stereocenters. The molecule has 0 radical (unpaired) electrons. The maximum atomic E-state index is 12.6. The van der Waals surface area contributed by atoms with Crippen molar-refractivity contribution in [2.45, 2.75) is 25.2 Å². The molecule has 0 aliphatic rings. The van der Waals surface area contributed by atoms with Gasteiger partial charge in [0.2, 0.25) is 5.91 Å². The summed E-state index contributed by atoms with van der Waals surface area (Å²) < 4.78 is 27.9. The fraction of sp³-hybridized carbons (Fsp3) is 0.190. The van der Waals surface area contributed by atoms with Crippen LogP contribution in [0.4, 0.5) is 11.4 Å². The maximum absolute atomic E-state index is 12.6. The van der Waals surface area contributed by atoms with E-state index in [1.165, 1.54) is 0 Å². The van der Waals surface area contributed by atoms with Crippen molar-refractivity contribution in [3.63, 3.8) is 0 Å². The van der Waals surface area contributed by atoms with E-state index in [-0.39, 0.29) is 16.7 Å². The largest absolute Gasteiger partial charge is 0.326 e. The van der Waals surface area contributed by atoms with Gasteiger partial charge in [0, 0.05) is 17.8 Å². The first-order chi connectivity index (χ1) is 12.8. The Kier molecular flexibility index (Phi) is 5.46. The number of amides is 1. The van der Waals surface area contributed by atoms with Crippen LogP contribution in [0.5, 0.6) is 0 Å². The SMILES string of the molecule is CC(C)CC(=O)Nc1ccc(NS(=O)(=O)c2ccc3ccccc3c2)cc1. The molecule has 0 fully saturated rings. The minimum Gasteiger partial charge on any atom is -0.326 e. The second-order valence-corrected chi connectivity index (χ2v) is 8.52. The predicted octanol–water partition coefficient (Wildman–Crippen LogP) is 4.63. The van der Waals surface area contributed by atoms with E-state index in [2.05, 4.69) is 10.0 Å². The first kappa shape index (κ1) is 18.9. The maximum Gasteiger partial charge on any atom is 0.261 e. The van der Waals surface area contributed by atoms with Crippen LogP contribution in [0.15, 0.2) is 71.6 Å². The number of fused-ring (bicyclic) bond motifs is 1. The van der Waals surface area contributed by atoms with Crippen LogP contribution in [-0.2, 0) is 14.8 Å². The highest BCUT2D eigenvalue weighted by Crippen LogP contribution is 2.22. The van der Waals surface area contributed by atoms with Crippen LogP contribution >= 0.6 is 0 Å². The molecule has 0 aromatic heterocycles. The summed E-state index contributed by atoms with van der Waals surface area (Å²) in [5.74, 6) is 0.215. The van der Waals surface area contributed by atoms with Gasteiger partial charge in [0.05, 0.1) is 4.90 Å². The van der Waals surface area contributed by atoms with E-state index in [4.69, 9.17) is 0 Å². The number of carbonyl (C=O) groups is 1. The van der Waals surface area contributed by atoms with Crippen LogP contribution in [-0.4, -0.2) is 14.3 Å². The minimum atomic E-state index is -3.69. The van der Waals surface area contributed by atoms with Gasteiger partial charge in [-0.25, -0.2) is 8.42 Å². The topological polar surface area (TPSA) is 75.3 Å². The molecule has 0 bridgehead atoms. The highest BCUT2D eigenvalue weighted by atomic mass is 32.2. The van der Waals surface area contributed by atoms with Crippen LogP contribution in [0, 0.1) is 5.92 Å². The fourth-order valence-electron chi connectivity index (χ4n) is 2.75. The van der Waals surface area contributed by atoms with Crippen molar-refractivity contribution in [3.8, 4) is 0 Å². The van der Waals surface area contributed by atoms with Gasteiger partial charge in [0.25, 0.3) is 10.0 Å². The van der Waals surface area contributed by atoms with Crippen molar-refractivity contribution in [2.75, 3.05) is 10.0 Å². The normalized spacial score (nSPS) is 11.5. The van der Waals surface area contributed by atoms with Gasteiger partial charge in [-0.1, -0.05) is 44.2 Å². The number of hydrogen-bond acceptors (Lipinski definition) is 3. The number of nitrogens with one attached hydrogen (secondary N) is 2. The van der Waals surface area contributed by atoms with E-state index in [0.29, 0.717) is 17.8 Å². The lowest BCUT2D eigenvalue weighted by Gasteiger charge is -2.11. The molecule has 3 rings (SSSR count). The van der Waals surface area contributed by atoms with E-state index in [1.807, 2.05) is 38.1 Å². The Labute approximate surface area is 159 Å². The van der Waals surface area contributed by atoms with Crippen LogP contribution in [0.25, 0.3) is 10.8 Å². The zero-order valence-corrected chi connectivity index (χ0v) is 16.1. The molecule has 0 spiro atoms. The van der Waals surface area contributed by atoms with Crippen LogP contribution < -0.4 is 10.0 Å². The summed E-state index contributed by atoms with van der Waals surface area (Å²) >= 11 is 0. The molecule has 5 nitrogen and oxygen atoms in total. The zero-order valence-electron chi connectivity index (χ0n) is 15.3. The van der Waals surface area contributed by atoms with Crippen molar-refractivity contribution in [2.24, 2.45) is 5.92 Å². The summed E-state index contributed by atoms with van der Waals surface area (Å²) in [7, 11) is -3.69. The Morgan fingerprint density at radius 3 is 2.19 bits per heavy atom. The highest BCUT2D eigenvalue weighted by Gasteiger charge is 2.15. The predicted molar refractivity (Wildman–Crippen MR) is 109 cm³/mol. The Hall–Kier alpha value is -2.86. The number of benzene rings is 3. The first-order valence-electron chi connectivity index (χ1n) is 8.75. The smallest absolute Gasteiger partial charge is 0.261 e. The second-order valence-electron chi connectivity index (χ2n) is 6.84. The number of rotatable bonds is 6. The fourth-order valence-corrected chi connectivity index (χ4v) is 3.85. The molecule has 140 valence electrons. The van der Waals surface area contributed by atoms with Gasteiger partial charge in [0.1, 0.15) is 0 Å². The van der Waals surface area contributed by atoms with Crippen LogP contribution in [0.3, 0.4) is 0 Å². The van der Waals surface area contributed by atoms with Crippen molar-refractivity contribution < 1.29 is 13.2 Å². The molecule has 2 N–H and O–H groups in total. The van der Waals surface area contributed by atoms with Gasteiger partial charge in [-0.05, 0) is 53.1 Å². The molecule has 3 aromatic rings. The molecule has 0 heterocycles. The molecular weight excluding hydrogens is 360 g/mol. The van der Waals surface area contributed by atoms with Crippen molar-refractivity contribution in [1.82, 2.24) is 0 Å². The lowest BCUT2D eigenvalue weighted by Crippen LogP contribution is -2.14. The number of anilines is 2. The summed E-state index contributed by atoms with van der Waals surface area (Å²) in [5, 5.41) is 4.65. The van der Waals surface area contributed by atoms with Gasteiger partial charge >= 0.3 is 0 Å². The standard InChI is InChI=1S/C21H22N2O3S/c1-15(2)13-21(24)22-18-8-10-19(11-9-18)23-27(25,26)20-12-7-16-5-3-4-6-17(16)14-20/h3-12,14-15,23H,13H2,1-2H3,(H,22,24). The van der Waals surface area contributed by atoms with E-state index >= 15 is 0 Å². The third-order valence-corrected chi connectivity index (χ3v) is 5.42. The average Bonchev–Trinajstić information content (AvgIpc) is 2.62. The Bertz CT molecular complexity index is 1060. The molecule has 3 aromatic carbocycles. The molecule has 0 aliphatic heterocycles. The van der Waals surface area contributed by atoms with Crippen LogP contribution in [0.2, 0.25) is 0 Å². The van der Waals surface area contributed by atoms with Gasteiger partial charge in [0.15, 0.2) is 0 Å². The Morgan fingerprint density at radius 1 is 0.889 bits per heavy atom. The summed E-state index contributed by atoms with van der Waals surface area (Å²) in [6, 6.07) is 19.2. The van der Waals surface area contributed by atoms with Gasteiger partial charge in [-0.15, -0.1) is 0 Å². The van der Waals surface area contributed by atoms with Gasteiger partial charge in [-0.2, -0.15) is 0 Å². The third kappa shape index (κ3) is 4.86. The molecule has 1 amide bonds. The number of sulfonamides is 1. The Balaban J connectivity index is 1.74. The molecule has 0 unspecified atom stereocenters. The molecule has 0 aliphatic carbocycles. The quantitative estimate of drug-likeness (QED) is 0.653. The van der Waals surface area contributed by atoms with Gasteiger partial charge in [-0.3, -0.25) is 9.52 Å². The van der Waals surface area contributed by atoms with E-state index < -0.39 is 10.0 Å². The zero-order chi connectivity index (χ0) is 19.4. The first-order valence-corrected chi connectivity index (χ1v) is 10.2. The van der Waals surface area contributed by atoms with E-state index in [0.717, 1.165) is 10.8 Å². The summed E-state index contributed by atoms with van der Waals surface area (Å²) in [4.78, 5) is 12.0. The molecular formula is C21H22N2O3S. The monoisotopic (exact) mass is 382 g/mol. The number of carbonyl (C=O) groups excluding carboxylic acids is 1. The van der Waals surface area contributed by atoms with Crippen LogP contribution in [0.1, 0.15) is 20.3 Å². The molecule has 0 saturated heterocycles. The van der Waals surface area contributed by atoms with Gasteiger partial charge < -0.3 is 5.32 Å². The summed E-state index contributed by atoms with van der Waals surface area (Å²) in [6.07, 6.45) is 0.441. The summed E-state index contributed by atoms with van der Waals surface area (Å²) in [6.45, 7) is 3.95. The van der Waals surface area contributed by atoms with Crippen molar-refractivity contribution in [3.05, 3.63) is 66.7 Å². The van der Waals surface area contributed by atoms with E-state index in [9.17, 15) is 13.2 Å².